The molecule has 3 aromatic rings. The molecule has 0 saturated carbocycles. The van der Waals surface area contributed by atoms with Crippen LogP contribution in [0.5, 0.6) is 11.5 Å². The van der Waals surface area contributed by atoms with Crippen molar-refractivity contribution in [3.8, 4) is 11.5 Å². The maximum atomic E-state index is 13.2. The van der Waals surface area contributed by atoms with Gasteiger partial charge in [0.25, 0.3) is 5.91 Å². The summed E-state index contributed by atoms with van der Waals surface area (Å²) in [5.41, 5.74) is 2.93. The molecule has 2 aromatic carbocycles. The van der Waals surface area contributed by atoms with Gasteiger partial charge in [0.15, 0.2) is 11.5 Å². The summed E-state index contributed by atoms with van der Waals surface area (Å²) < 4.78 is 24.4. The number of fused-ring (bicyclic) bond motifs is 3. The highest BCUT2D eigenvalue weighted by atomic mass is 32.1. The van der Waals surface area contributed by atoms with Gasteiger partial charge < -0.3 is 25.0 Å². The molecule has 1 unspecified atom stereocenters. The van der Waals surface area contributed by atoms with Crippen LogP contribution >= 0.6 is 11.3 Å². The van der Waals surface area contributed by atoms with Crippen LogP contribution in [-0.4, -0.2) is 32.1 Å². The van der Waals surface area contributed by atoms with Crippen LogP contribution in [0.25, 0.3) is 0 Å². The molecule has 3 N–H and O–H groups in total. The van der Waals surface area contributed by atoms with E-state index in [4.69, 9.17) is 9.47 Å². The number of esters is 1. The second-order valence-electron chi connectivity index (χ2n) is 8.43. The quantitative estimate of drug-likeness (QED) is 0.385. The molecule has 3 heterocycles. The predicted molar refractivity (Wildman–Crippen MR) is 126 cm³/mol. The number of hydrogen-bond acceptors (Lipinski definition) is 6. The molecule has 5 rings (SSSR count). The Bertz CT molecular complexity index is 1260. The van der Waals surface area contributed by atoms with E-state index in [0.29, 0.717) is 12.4 Å². The van der Waals surface area contributed by atoms with Crippen molar-refractivity contribution in [2.75, 3.05) is 25.5 Å². The third kappa shape index (κ3) is 4.24. The van der Waals surface area contributed by atoms with Gasteiger partial charge in [0, 0.05) is 6.42 Å². The van der Waals surface area contributed by atoms with Gasteiger partial charge in [-0.15, -0.1) is 11.3 Å². The molecule has 1 amide bonds. The highest BCUT2D eigenvalue weighted by molar-refractivity contribution is 7.16. The fourth-order valence-electron chi connectivity index (χ4n) is 4.30. The Morgan fingerprint density at radius 1 is 1.18 bits per heavy atom. The SMILES string of the molecule is CCOc1cc([C@H]2NC(=O)c3c(sc4c3CC[NH+](C)C4)N2)ccc1OC(=O)c1ccc(F)cc1. The minimum absolute atomic E-state index is 0.0828. The van der Waals surface area contributed by atoms with E-state index in [-0.39, 0.29) is 17.2 Å². The molecule has 34 heavy (non-hydrogen) atoms. The van der Waals surface area contributed by atoms with Crippen molar-refractivity contribution in [3.63, 3.8) is 0 Å². The van der Waals surface area contributed by atoms with Crippen molar-refractivity contribution in [3.05, 3.63) is 75.4 Å². The molecule has 176 valence electrons. The van der Waals surface area contributed by atoms with E-state index >= 15 is 0 Å². The first-order valence-electron chi connectivity index (χ1n) is 11.2. The number of rotatable bonds is 5. The molecule has 7 nitrogen and oxygen atoms in total. The van der Waals surface area contributed by atoms with Gasteiger partial charge in [-0.1, -0.05) is 6.07 Å². The van der Waals surface area contributed by atoms with Gasteiger partial charge in [0.1, 0.15) is 23.5 Å². The number of carbonyl (C=O) groups is 2. The van der Waals surface area contributed by atoms with E-state index in [1.807, 2.05) is 6.92 Å². The van der Waals surface area contributed by atoms with Crippen LogP contribution < -0.4 is 25.0 Å². The van der Waals surface area contributed by atoms with Crippen molar-refractivity contribution in [2.24, 2.45) is 0 Å². The monoisotopic (exact) mass is 482 g/mol. The number of halogens is 1. The van der Waals surface area contributed by atoms with Gasteiger partial charge in [-0.3, -0.25) is 4.79 Å². The number of nitrogens with one attached hydrogen (secondary N) is 3. The van der Waals surface area contributed by atoms with E-state index in [1.54, 1.807) is 29.5 Å². The number of hydrogen-bond donors (Lipinski definition) is 3. The largest absolute Gasteiger partial charge is 0.490 e. The van der Waals surface area contributed by atoms with Crippen molar-refractivity contribution in [2.45, 2.75) is 26.1 Å². The molecule has 0 fully saturated rings. The van der Waals surface area contributed by atoms with Crippen LogP contribution in [-0.2, 0) is 13.0 Å². The van der Waals surface area contributed by atoms with E-state index in [9.17, 15) is 14.0 Å². The lowest BCUT2D eigenvalue weighted by Gasteiger charge is -2.27. The third-order valence-corrected chi connectivity index (χ3v) is 7.18. The molecule has 2 aliphatic rings. The summed E-state index contributed by atoms with van der Waals surface area (Å²) in [6.45, 7) is 4.14. The molecule has 0 radical (unpaired) electrons. The predicted octanol–water partition coefficient (Wildman–Crippen LogP) is 2.93. The van der Waals surface area contributed by atoms with Gasteiger partial charge in [0.05, 0.1) is 36.2 Å². The summed E-state index contributed by atoms with van der Waals surface area (Å²) in [7, 11) is 2.16. The molecular weight excluding hydrogens is 457 g/mol. The lowest BCUT2D eigenvalue weighted by atomic mass is 10.0. The Morgan fingerprint density at radius 2 is 1.97 bits per heavy atom. The maximum Gasteiger partial charge on any atom is 0.343 e. The van der Waals surface area contributed by atoms with Crippen LogP contribution in [0, 0.1) is 5.82 Å². The first kappa shape index (κ1) is 22.4. The highest BCUT2D eigenvalue weighted by Crippen LogP contribution is 2.40. The minimum Gasteiger partial charge on any atom is -0.490 e. The molecule has 0 saturated heterocycles. The summed E-state index contributed by atoms with van der Waals surface area (Å²) >= 11 is 1.65. The van der Waals surface area contributed by atoms with Gasteiger partial charge in [-0.25, -0.2) is 9.18 Å². The standard InChI is InChI=1S/C25H24FN3O4S/c1-3-32-19-12-15(6-9-18(19)33-25(31)14-4-7-16(26)8-5-14)22-27-23(30)21-17-10-11-29(2)13-20(17)34-24(21)28-22/h4-9,12,22,28H,3,10-11,13H2,1-2H3,(H,27,30)/p+1/t22-/m0/s1. The zero-order valence-electron chi connectivity index (χ0n) is 18.9. The summed E-state index contributed by atoms with van der Waals surface area (Å²) in [6, 6.07) is 10.3. The Morgan fingerprint density at radius 3 is 2.74 bits per heavy atom. The number of ether oxygens (including phenoxy) is 2. The fraction of sp³-hybridized carbons (Fsp3) is 0.280. The van der Waals surface area contributed by atoms with Gasteiger partial charge in [-0.2, -0.15) is 0 Å². The lowest BCUT2D eigenvalue weighted by Crippen LogP contribution is -3.08. The third-order valence-electron chi connectivity index (χ3n) is 6.02. The Balaban J connectivity index is 1.39. The summed E-state index contributed by atoms with van der Waals surface area (Å²) in [5, 5.41) is 7.39. The molecule has 0 bridgehead atoms. The van der Waals surface area contributed by atoms with Crippen molar-refractivity contribution in [1.29, 1.82) is 0 Å². The second kappa shape index (κ2) is 9.08. The highest BCUT2D eigenvalue weighted by Gasteiger charge is 2.34. The molecule has 0 aliphatic carbocycles. The van der Waals surface area contributed by atoms with Crippen LogP contribution in [0.4, 0.5) is 9.39 Å². The van der Waals surface area contributed by atoms with Crippen LogP contribution in [0.3, 0.4) is 0 Å². The van der Waals surface area contributed by atoms with Crippen molar-refractivity contribution >= 4 is 28.2 Å². The zero-order chi connectivity index (χ0) is 23.8. The number of benzene rings is 2. The average Bonchev–Trinajstić information content (AvgIpc) is 3.18. The summed E-state index contributed by atoms with van der Waals surface area (Å²) in [4.78, 5) is 28.2. The van der Waals surface area contributed by atoms with E-state index in [1.165, 1.54) is 34.0 Å². The number of quaternary nitrogens is 1. The lowest BCUT2D eigenvalue weighted by molar-refractivity contribution is -0.895. The minimum atomic E-state index is -0.612. The Hall–Kier alpha value is -3.43. The van der Waals surface area contributed by atoms with Crippen LogP contribution in [0.1, 0.15) is 49.8 Å². The second-order valence-corrected chi connectivity index (χ2v) is 9.53. The van der Waals surface area contributed by atoms with E-state index in [2.05, 4.69) is 17.7 Å². The normalized spacial score (nSPS) is 18.9. The Labute approximate surface area is 200 Å². The maximum absolute atomic E-state index is 13.2. The number of thiophene rings is 1. The smallest absolute Gasteiger partial charge is 0.343 e. The molecule has 2 aliphatic heterocycles. The van der Waals surface area contributed by atoms with Gasteiger partial charge in [-0.05, 0) is 54.4 Å². The van der Waals surface area contributed by atoms with Crippen molar-refractivity contribution < 1.29 is 28.4 Å². The first-order chi connectivity index (χ1) is 16.4. The number of carbonyl (C=O) groups excluding carboxylic acids is 2. The van der Waals surface area contributed by atoms with Gasteiger partial charge in [0.2, 0.25) is 0 Å². The zero-order valence-corrected chi connectivity index (χ0v) is 19.7. The topological polar surface area (TPSA) is 81.1 Å². The number of likely N-dealkylation sites (N-methyl/N-ethyl adjacent to an activating group) is 1. The van der Waals surface area contributed by atoms with E-state index in [0.717, 1.165) is 41.2 Å². The molecular formula is C25H25FN3O4S+. The molecule has 1 aromatic heterocycles. The van der Waals surface area contributed by atoms with Crippen molar-refractivity contribution in [1.82, 2.24) is 5.32 Å². The van der Waals surface area contributed by atoms with Crippen LogP contribution in [0.15, 0.2) is 42.5 Å². The summed E-state index contributed by atoms with van der Waals surface area (Å²) in [6.07, 6.45) is 0.460. The average molecular weight is 483 g/mol. The molecule has 0 spiro atoms. The molecule has 2 atom stereocenters. The number of anilines is 1. The fourth-order valence-corrected chi connectivity index (χ4v) is 5.69. The molecule has 9 heteroatoms. The summed E-state index contributed by atoms with van der Waals surface area (Å²) in [5.74, 6) is -0.492. The van der Waals surface area contributed by atoms with E-state index < -0.39 is 18.0 Å². The van der Waals surface area contributed by atoms with Gasteiger partial charge >= 0.3 is 5.97 Å². The Kier molecular flexibility index (Phi) is 5.97. The van der Waals surface area contributed by atoms with Crippen LogP contribution in [0.2, 0.25) is 0 Å². The number of amides is 1. The first-order valence-corrected chi connectivity index (χ1v) is 12.0.